The van der Waals surface area contributed by atoms with Crippen LogP contribution in [-0.2, 0) is 10.0 Å². The second-order valence-corrected chi connectivity index (χ2v) is 6.03. The van der Waals surface area contributed by atoms with Gasteiger partial charge < -0.3 is 5.73 Å². The number of benzene rings is 1. The van der Waals surface area contributed by atoms with Crippen molar-refractivity contribution in [2.75, 3.05) is 10.5 Å². The van der Waals surface area contributed by atoms with E-state index in [1.165, 1.54) is 12.3 Å². The molecule has 0 saturated carbocycles. The van der Waals surface area contributed by atoms with Gasteiger partial charge in [0.2, 0.25) is 0 Å². The Morgan fingerprint density at radius 2 is 1.89 bits per heavy atom. The lowest BCUT2D eigenvalue weighted by Gasteiger charge is -2.10. The first-order chi connectivity index (χ1) is 8.88. The van der Waals surface area contributed by atoms with Crippen molar-refractivity contribution in [3.8, 4) is 0 Å². The SMILES string of the molecule is Cc1cncc(NS(=O)(=O)c2ccc(N)cc2C)c1. The summed E-state index contributed by atoms with van der Waals surface area (Å²) in [5.74, 6) is 0. The average molecular weight is 277 g/mol. The van der Waals surface area contributed by atoms with E-state index in [-0.39, 0.29) is 4.90 Å². The molecule has 0 bridgehead atoms. The first-order valence-corrected chi connectivity index (χ1v) is 7.17. The number of sulfonamides is 1. The maximum atomic E-state index is 12.3. The number of hydrogen-bond donors (Lipinski definition) is 2. The second kappa shape index (κ2) is 4.89. The molecule has 1 aromatic carbocycles. The fourth-order valence-corrected chi connectivity index (χ4v) is 3.06. The van der Waals surface area contributed by atoms with Crippen molar-refractivity contribution in [3.63, 3.8) is 0 Å². The molecule has 100 valence electrons. The Labute approximate surface area is 112 Å². The molecule has 0 amide bonds. The van der Waals surface area contributed by atoms with E-state index < -0.39 is 10.0 Å². The van der Waals surface area contributed by atoms with Gasteiger partial charge in [0, 0.05) is 11.9 Å². The quantitative estimate of drug-likeness (QED) is 0.841. The Balaban J connectivity index is 2.38. The van der Waals surface area contributed by atoms with Crippen LogP contribution in [0.2, 0.25) is 0 Å². The topological polar surface area (TPSA) is 85.1 Å². The number of anilines is 2. The molecule has 0 aliphatic carbocycles. The summed E-state index contributed by atoms with van der Waals surface area (Å²) in [6.07, 6.45) is 3.13. The molecule has 0 aliphatic heterocycles. The molecule has 1 heterocycles. The van der Waals surface area contributed by atoms with Crippen molar-refractivity contribution in [1.82, 2.24) is 4.98 Å². The normalized spacial score (nSPS) is 11.3. The molecule has 0 atom stereocenters. The highest BCUT2D eigenvalue weighted by atomic mass is 32.2. The van der Waals surface area contributed by atoms with Gasteiger partial charge in [0.25, 0.3) is 10.0 Å². The van der Waals surface area contributed by atoms with E-state index in [1.807, 2.05) is 6.92 Å². The number of aromatic nitrogens is 1. The lowest BCUT2D eigenvalue weighted by atomic mass is 10.2. The zero-order valence-electron chi connectivity index (χ0n) is 10.7. The average Bonchev–Trinajstić information content (AvgIpc) is 2.27. The molecular formula is C13H15N3O2S. The number of nitrogens with zero attached hydrogens (tertiary/aromatic N) is 1. The van der Waals surface area contributed by atoms with Crippen LogP contribution >= 0.6 is 0 Å². The second-order valence-electron chi connectivity index (χ2n) is 4.38. The van der Waals surface area contributed by atoms with Crippen LogP contribution in [0.4, 0.5) is 11.4 Å². The first-order valence-electron chi connectivity index (χ1n) is 5.69. The molecule has 6 heteroatoms. The third-order valence-electron chi connectivity index (χ3n) is 2.62. The zero-order valence-corrected chi connectivity index (χ0v) is 11.5. The molecule has 1 aromatic heterocycles. The predicted molar refractivity (Wildman–Crippen MR) is 75.4 cm³/mol. The number of nitrogens with two attached hydrogens (primary N) is 1. The molecule has 0 aliphatic rings. The van der Waals surface area contributed by atoms with Gasteiger partial charge in [0.05, 0.1) is 16.8 Å². The highest BCUT2D eigenvalue weighted by Gasteiger charge is 2.17. The lowest BCUT2D eigenvalue weighted by Crippen LogP contribution is -2.14. The molecule has 19 heavy (non-hydrogen) atoms. The third kappa shape index (κ3) is 3.03. The molecule has 0 unspecified atom stereocenters. The summed E-state index contributed by atoms with van der Waals surface area (Å²) in [5.41, 5.74) is 8.08. The molecule has 2 rings (SSSR count). The van der Waals surface area contributed by atoms with Crippen molar-refractivity contribution >= 4 is 21.4 Å². The van der Waals surface area contributed by atoms with Gasteiger partial charge in [-0.1, -0.05) is 0 Å². The lowest BCUT2D eigenvalue weighted by molar-refractivity contribution is 0.600. The number of nitrogen functional groups attached to an aromatic ring is 1. The van der Waals surface area contributed by atoms with E-state index in [2.05, 4.69) is 9.71 Å². The van der Waals surface area contributed by atoms with Crippen LogP contribution in [0.5, 0.6) is 0 Å². The van der Waals surface area contributed by atoms with Crippen LogP contribution in [-0.4, -0.2) is 13.4 Å². The molecule has 3 N–H and O–H groups in total. The molecule has 2 aromatic rings. The summed E-state index contributed by atoms with van der Waals surface area (Å²) in [5, 5.41) is 0. The summed E-state index contributed by atoms with van der Waals surface area (Å²) < 4.78 is 27.0. The van der Waals surface area contributed by atoms with Crippen molar-refractivity contribution in [2.45, 2.75) is 18.7 Å². The van der Waals surface area contributed by atoms with E-state index in [1.54, 1.807) is 31.3 Å². The molecular weight excluding hydrogens is 262 g/mol. The highest BCUT2D eigenvalue weighted by Crippen LogP contribution is 2.21. The van der Waals surface area contributed by atoms with Gasteiger partial charge >= 0.3 is 0 Å². The van der Waals surface area contributed by atoms with Gasteiger partial charge in [-0.25, -0.2) is 8.42 Å². The smallest absolute Gasteiger partial charge is 0.262 e. The van der Waals surface area contributed by atoms with Gasteiger partial charge in [-0.2, -0.15) is 0 Å². The van der Waals surface area contributed by atoms with Crippen LogP contribution in [0.15, 0.2) is 41.6 Å². The van der Waals surface area contributed by atoms with Gasteiger partial charge in [-0.15, -0.1) is 0 Å². The van der Waals surface area contributed by atoms with Gasteiger partial charge in [-0.3, -0.25) is 9.71 Å². The van der Waals surface area contributed by atoms with Crippen molar-refractivity contribution < 1.29 is 8.42 Å². The summed E-state index contributed by atoms with van der Waals surface area (Å²) in [6, 6.07) is 6.41. The minimum Gasteiger partial charge on any atom is -0.399 e. The summed E-state index contributed by atoms with van der Waals surface area (Å²) >= 11 is 0. The first kappa shape index (κ1) is 13.4. The van der Waals surface area contributed by atoms with E-state index in [0.717, 1.165) is 5.56 Å². The van der Waals surface area contributed by atoms with E-state index in [0.29, 0.717) is 16.9 Å². The molecule has 0 spiro atoms. The maximum absolute atomic E-state index is 12.3. The molecule has 0 fully saturated rings. The molecule has 0 saturated heterocycles. The Hall–Kier alpha value is -2.08. The largest absolute Gasteiger partial charge is 0.399 e. The van der Waals surface area contributed by atoms with Gasteiger partial charge in [0.15, 0.2) is 0 Å². The Bertz CT molecular complexity index is 712. The minimum atomic E-state index is -3.62. The minimum absolute atomic E-state index is 0.211. The zero-order chi connectivity index (χ0) is 14.0. The summed E-state index contributed by atoms with van der Waals surface area (Å²) in [7, 11) is -3.62. The third-order valence-corrected chi connectivity index (χ3v) is 4.16. The highest BCUT2D eigenvalue weighted by molar-refractivity contribution is 7.92. The fourth-order valence-electron chi connectivity index (χ4n) is 1.80. The Morgan fingerprint density at radius 1 is 1.16 bits per heavy atom. The Kier molecular flexibility index (Phi) is 3.44. The molecule has 5 nitrogen and oxygen atoms in total. The number of hydrogen-bond acceptors (Lipinski definition) is 4. The number of nitrogens with one attached hydrogen (secondary N) is 1. The maximum Gasteiger partial charge on any atom is 0.262 e. The number of aryl methyl sites for hydroxylation is 2. The van der Waals surface area contributed by atoms with Crippen molar-refractivity contribution in [1.29, 1.82) is 0 Å². The summed E-state index contributed by atoms with van der Waals surface area (Å²) in [6.45, 7) is 3.55. The number of rotatable bonds is 3. The van der Waals surface area contributed by atoms with Crippen LogP contribution in [0.3, 0.4) is 0 Å². The predicted octanol–water partition coefficient (Wildman–Crippen LogP) is 2.08. The van der Waals surface area contributed by atoms with E-state index in [4.69, 9.17) is 5.73 Å². The van der Waals surface area contributed by atoms with Crippen LogP contribution in [0.1, 0.15) is 11.1 Å². The van der Waals surface area contributed by atoms with Crippen LogP contribution in [0.25, 0.3) is 0 Å². The van der Waals surface area contributed by atoms with Crippen molar-refractivity contribution in [2.24, 2.45) is 0 Å². The number of pyridine rings is 1. The van der Waals surface area contributed by atoms with E-state index in [9.17, 15) is 8.42 Å². The standard InChI is InChI=1S/C13H15N3O2S/c1-9-5-12(8-15-7-9)16-19(17,18)13-4-3-11(14)6-10(13)2/h3-8,16H,14H2,1-2H3. The van der Waals surface area contributed by atoms with E-state index >= 15 is 0 Å². The van der Waals surface area contributed by atoms with Gasteiger partial charge in [-0.05, 0) is 49.2 Å². The monoisotopic (exact) mass is 277 g/mol. The van der Waals surface area contributed by atoms with Crippen molar-refractivity contribution in [3.05, 3.63) is 47.8 Å². The molecule has 0 radical (unpaired) electrons. The summed E-state index contributed by atoms with van der Waals surface area (Å²) in [4.78, 5) is 4.16. The van der Waals surface area contributed by atoms with Crippen LogP contribution in [0, 0.1) is 13.8 Å². The fraction of sp³-hybridized carbons (Fsp3) is 0.154. The Morgan fingerprint density at radius 3 is 2.53 bits per heavy atom. The van der Waals surface area contributed by atoms with Gasteiger partial charge in [0.1, 0.15) is 0 Å². The van der Waals surface area contributed by atoms with Crippen LogP contribution < -0.4 is 10.5 Å².